The lowest BCUT2D eigenvalue weighted by Crippen LogP contribution is -2.36. The van der Waals surface area contributed by atoms with Gasteiger partial charge in [-0.2, -0.15) is 0 Å². The number of fused-ring (bicyclic) bond motifs is 1. The molecule has 2 aromatic rings. The zero-order valence-electron chi connectivity index (χ0n) is 12.7. The van der Waals surface area contributed by atoms with E-state index in [1.165, 1.54) is 12.1 Å². The Morgan fingerprint density at radius 3 is 2.74 bits per heavy atom. The number of hydrogen-bond donors (Lipinski definition) is 2. The van der Waals surface area contributed by atoms with Gasteiger partial charge in [0.25, 0.3) is 0 Å². The van der Waals surface area contributed by atoms with Gasteiger partial charge in [-0.1, -0.05) is 36.4 Å². The van der Waals surface area contributed by atoms with Crippen molar-refractivity contribution in [3.05, 3.63) is 65.5 Å². The molecule has 2 unspecified atom stereocenters. The summed E-state index contributed by atoms with van der Waals surface area (Å²) in [7, 11) is 0. The minimum absolute atomic E-state index is 0.0615. The molecule has 2 aromatic carbocycles. The first kappa shape index (κ1) is 15.2. The van der Waals surface area contributed by atoms with Crippen molar-refractivity contribution >= 4 is 17.5 Å². The Bertz CT molecular complexity index is 746. The Morgan fingerprint density at radius 1 is 1.26 bits per heavy atom. The Morgan fingerprint density at radius 2 is 2.00 bits per heavy atom. The second-order valence-corrected chi connectivity index (χ2v) is 5.68. The van der Waals surface area contributed by atoms with Gasteiger partial charge >= 0.3 is 0 Å². The highest BCUT2D eigenvalue weighted by molar-refractivity contribution is 6.01. The van der Waals surface area contributed by atoms with Crippen LogP contribution in [0.3, 0.4) is 0 Å². The van der Waals surface area contributed by atoms with E-state index in [1.807, 2.05) is 37.3 Å². The smallest absolute Gasteiger partial charge is 0.228 e. The lowest BCUT2D eigenvalue weighted by Gasteiger charge is -2.26. The van der Waals surface area contributed by atoms with Crippen molar-refractivity contribution in [2.45, 2.75) is 25.3 Å². The minimum atomic E-state index is -0.606. The number of halogens is 1. The number of nitrogens with one attached hydrogen (secondary N) is 2. The third-order valence-corrected chi connectivity index (χ3v) is 4.03. The zero-order chi connectivity index (χ0) is 16.4. The number of anilines is 1. The van der Waals surface area contributed by atoms with Crippen molar-refractivity contribution in [2.75, 3.05) is 5.32 Å². The van der Waals surface area contributed by atoms with Gasteiger partial charge in [0.05, 0.1) is 12.0 Å². The van der Waals surface area contributed by atoms with Crippen LogP contribution in [0, 0.1) is 5.82 Å². The molecule has 118 valence electrons. The molecule has 1 aliphatic heterocycles. The number of carbonyl (C=O) groups is 2. The quantitative estimate of drug-likeness (QED) is 0.915. The largest absolute Gasteiger partial charge is 0.349 e. The lowest BCUT2D eigenvalue weighted by molar-refractivity contribution is -0.126. The van der Waals surface area contributed by atoms with Crippen molar-refractivity contribution in [3.63, 3.8) is 0 Å². The summed E-state index contributed by atoms with van der Waals surface area (Å²) >= 11 is 0. The molecule has 0 radical (unpaired) electrons. The molecule has 1 heterocycles. The molecule has 0 aromatic heterocycles. The van der Waals surface area contributed by atoms with Crippen LogP contribution >= 0.6 is 0 Å². The molecule has 0 saturated carbocycles. The second kappa shape index (κ2) is 6.20. The van der Waals surface area contributed by atoms with Crippen LogP contribution in [0.5, 0.6) is 0 Å². The molecule has 0 bridgehead atoms. The maximum Gasteiger partial charge on any atom is 0.228 e. The van der Waals surface area contributed by atoms with Crippen LogP contribution in [0.4, 0.5) is 10.1 Å². The van der Waals surface area contributed by atoms with E-state index in [1.54, 1.807) is 6.07 Å². The molecule has 4 nitrogen and oxygen atoms in total. The van der Waals surface area contributed by atoms with Crippen molar-refractivity contribution < 1.29 is 14.0 Å². The van der Waals surface area contributed by atoms with Crippen LogP contribution in [-0.2, 0) is 9.59 Å². The average Bonchev–Trinajstić information content (AvgIpc) is 2.54. The van der Waals surface area contributed by atoms with Crippen LogP contribution in [0.15, 0.2) is 48.5 Å². The number of rotatable bonds is 3. The fourth-order valence-electron chi connectivity index (χ4n) is 2.81. The second-order valence-electron chi connectivity index (χ2n) is 5.68. The molecule has 1 aliphatic rings. The Hall–Kier alpha value is -2.69. The number of hydrogen-bond acceptors (Lipinski definition) is 2. The summed E-state index contributed by atoms with van der Waals surface area (Å²) in [5.41, 5.74) is 2.00. The first-order chi connectivity index (χ1) is 11.0. The van der Waals surface area contributed by atoms with E-state index in [0.29, 0.717) is 11.3 Å². The number of amides is 2. The molecule has 3 rings (SSSR count). The van der Waals surface area contributed by atoms with Gasteiger partial charge in [-0.05, 0) is 30.2 Å². The van der Waals surface area contributed by atoms with E-state index >= 15 is 0 Å². The van der Waals surface area contributed by atoms with Gasteiger partial charge in [-0.15, -0.1) is 0 Å². The van der Waals surface area contributed by atoms with Gasteiger partial charge < -0.3 is 10.6 Å². The Kier molecular flexibility index (Phi) is 4.10. The fraction of sp³-hybridized carbons (Fsp3) is 0.222. The molecule has 0 saturated heterocycles. The van der Waals surface area contributed by atoms with Crippen molar-refractivity contribution in [3.8, 4) is 0 Å². The molecule has 2 amide bonds. The van der Waals surface area contributed by atoms with Crippen LogP contribution in [0.25, 0.3) is 0 Å². The SMILES string of the molecule is CC(NC(=O)C1CC(=O)Nc2cc(F)ccc21)c1ccccc1. The first-order valence-electron chi connectivity index (χ1n) is 7.49. The Labute approximate surface area is 133 Å². The van der Waals surface area contributed by atoms with E-state index in [2.05, 4.69) is 10.6 Å². The predicted molar refractivity (Wildman–Crippen MR) is 85.4 cm³/mol. The van der Waals surface area contributed by atoms with Crippen LogP contribution in [0.2, 0.25) is 0 Å². The molecule has 2 N–H and O–H groups in total. The maximum absolute atomic E-state index is 13.3. The summed E-state index contributed by atoms with van der Waals surface area (Å²) in [5.74, 6) is -1.56. The van der Waals surface area contributed by atoms with Gasteiger partial charge in [0, 0.05) is 12.1 Å². The third kappa shape index (κ3) is 3.23. The summed E-state index contributed by atoms with van der Waals surface area (Å²) in [6.45, 7) is 1.89. The van der Waals surface area contributed by atoms with Crippen LogP contribution < -0.4 is 10.6 Å². The summed E-state index contributed by atoms with van der Waals surface area (Å²) in [6.07, 6.45) is 0.0615. The van der Waals surface area contributed by atoms with Crippen molar-refractivity contribution in [2.24, 2.45) is 0 Å². The highest BCUT2D eigenvalue weighted by Gasteiger charge is 2.31. The van der Waals surface area contributed by atoms with Crippen molar-refractivity contribution in [1.82, 2.24) is 5.32 Å². The maximum atomic E-state index is 13.3. The van der Waals surface area contributed by atoms with Gasteiger partial charge in [0.15, 0.2) is 0 Å². The molecule has 5 heteroatoms. The predicted octanol–water partition coefficient (Wildman–Crippen LogP) is 3.13. The topological polar surface area (TPSA) is 58.2 Å². The molecule has 0 spiro atoms. The highest BCUT2D eigenvalue weighted by atomic mass is 19.1. The van der Waals surface area contributed by atoms with E-state index in [0.717, 1.165) is 5.56 Å². The number of carbonyl (C=O) groups excluding carboxylic acids is 2. The van der Waals surface area contributed by atoms with Gasteiger partial charge in [-0.25, -0.2) is 4.39 Å². The van der Waals surface area contributed by atoms with E-state index < -0.39 is 11.7 Å². The third-order valence-electron chi connectivity index (χ3n) is 4.03. The zero-order valence-corrected chi connectivity index (χ0v) is 12.7. The lowest BCUT2D eigenvalue weighted by atomic mass is 9.89. The molecular formula is C18H17FN2O2. The number of benzene rings is 2. The molecule has 0 fully saturated rings. The molecule has 0 aliphatic carbocycles. The van der Waals surface area contributed by atoms with Gasteiger partial charge in [-0.3, -0.25) is 9.59 Å². The monoisotopic (exact) mass is 312 g/mol. The normalized spacial score (nSPS) is 17.8. The highest BCUT2D eigenvalue weighted by Crippen LogP contribution is 2.33. The first-order valence-corrected chi connectivity index (χ1v) is 7.49. The molecule has 23 heavy (non-hydrogen) atoms. The van der Waals surface area contributed by atoms with E-state index in [4.69, 9.17) is 0 Å². The average molecular weight is 312 g/mol. The van der Waals surface area contributed by atoms with E-state index in [9.17, 15) is 14.0 Å². The summed E-state index contributed by atoms with van der Waals surface area (Å²) in [5, 5.41) is 5.54. The Balaban J connectivity index is 1.81. The molecule has 2 atom stereocenters. The minimum Gasteiger partial charge on any atom is -0.349 e. The standard InChI is InChI=1S/C18H17FN2O2/c1-11(12-5-3-2-4-6-12)20-18(23)15-10-17(22)21-16-9-13(19)7-8-14(15)16/h2-9,11,15H,10H2,1H3,(H,20,23)(H,21,22). The summed E-state index contributed by atoms with van der Waals surface area (Å²) < 4.78 is 13.3. The molecular weight excluding hydrogens is 295 g/mol. The van der Waals surface area contributed by atoms with Crippen LogP contribution in [0.1, 0.15) is 36.4 Å². The van der Waals surface area contributed by atoms with Gasteiger partial charge in [0.1, 0.15) is 5.82 Å². The van der Waals surface area contributed by atoms with Gasteiger partial charge in [0.2, 0.25) is 11.8 Å². The van der Waals surface area contributed by atoms with Crippen LogP contribution in [-0.4, -0.2) is 11.8 Å². The fourth-order valence-corrected chi connectivity index (χ4v) is 2.81. The van der Waals surface area contributed by atoms with E-state index in [-0.39, 0.29) is 24.3 Å². The summed E-state index contributed by atoms with van der Waals surface area (Å²) in [6, 6.07) is 13.5. The van der Waals surface area contributed by atoms with Crippen molar-refractivity contribution in [1.29, 1.82) is 0 Å². The summed E-state index contributed by atoms with van der Waals surface area (Å²) in [4.78, 5) is 24.4.